The minimum atomic E-state index is 0.215. The molecule has 0 saturated carbocycles. The van der Waals surface area contributed by atoms with Crippen molar-refractivity contribution in [2.24, 2.45) is 5.92 Å². The highest BCUT2D eigenvalue weighted by molar-refractivity contribution is 5.99. The molecular weight excluding hydrogens is 278 g/mol. The quantitative estimate of drug-likeness (QED) is 0.860. The molecule has 3 rings (SSSR count). The van der Waals surface area contributed by atoms with Gasteiger partial charge in [-0.15, -0.1) is 0 Å². The third-order valence-electron chi connectivity index (χ3n) is 4.69. The molecule has 0 amide bonds. The van der Waals surface area contributed by atoms with Crippen LogP contribution in [0.2, 0.25) is 0 Å². The van der Waals surface area contributed by atoms with E-state index in [1.165, 1.54) is 5.56 Å². The Morgan fingerprint density at radius 2 is 1.86 bits per heavy atom. The van der Waals surface area contributed by atoms with E-state index in [4.69, 9.17) is 9.47 Å². The van der Waals surface area contributed by atoms with Gasteiger partial charge in [-0.05, 0) is 30.0 Å². The van der Waals surface area contributed by atoms with E-state index in [0.717, 1.165) is 30.0 Å². The maximum Gasteiger partial charge on any atom is 0.161 e. The molecule has 22 heavy (non-hydrogen) atoms. The van der Waals surface area contributed by atoms with Crippen molar-refractivity contribution in [2.75, 3.05) is 20.8 Å². The van der Waals surface area contributed by atoms with Crippen molar-refractivity contribution in [1.82, 2.24) is 4.90 Å². The van der Waals surface area contributed by atoms with Crippen molar-refractivity contribution in [3.8, 4) is 11.5 Å². The van der Waals surface area contributed by atoms with Gasteiger partial charge in [-0.2, -0.15) is 0 Å². The Morgan fingerprint density at radius 1 is 1.18 bits per heavy atom. The van der Waals surface area contributed by atoms with Gasteiger partial charge in [0, 0.05) is 36.3 Å². The van der Waals surface area contributed by atoms with Crippen LogP contribution in [0.5, 0.6) is 11.5 Å². The Bertz CT molecular complexity index is 633. The van der Waals surface area contributed by atoms with E-state index in [1.54, 1.807) is 20.3 Å². The molecule has 0 saturated heterocycles. The van der Waals surface area contributed by atoms with Crippen molar-refractivity contribution in [3.05, 3.63) is 29.3 Å². The van der Waals surface area contributed by atoms with Crippen LogP contribution >= 0.6 is 0 Å². The zero-order valence-corrected chi connectivity index (χ0v) is 13.7. The van der Waals surface area contributed by atoms with Crippen LogP contribution in [0.4, 0.5) is 0 Å². The van der Waals surface area contributed by atoms with Crippen LogP contribution in [0, 0.1) is 5.92 Å². The highest BCUT2D eigenvalue weighted by atomic mass is 16.5. The number of ether oxygens (including phenoxy) is 2. The first kappa shape index (κ1) is 14.9. The Balaban J connectivity index is 2.10. The Labute approximate surface area is 131 Å². The molecule has 0 N–H and O–H groups in total. The summed E-state index contributed by atoms with van der Waals surface area (Å²) in [4.78, 5) is 14.6. The molecule has 0 fully saturated rings. The molecule has 0 radical (unpaired) electrons. The minimum absolute atomic E-state index is 0.215. The summed E-state index contributed by atoms with van der Waals surface area (Å²) in [5.74, 6) is 2.13. The van der Waals surface area contributed by atoms with E-state index in [2.05, 4.69) is 18.7 Å². The van der Waals surface area contributed by atoms with E-state index in [0.29, 0.717) is 18.1 Å². The zero-order valence-electron chi connectivity index (χ0n) is 13.7. The van der Waals surface area contributed by atoms with Crippen LogP contribution in [0.25, 0.3) is 5.70 Å². The zero-order chi connectivity index (χ0) is 15.9. The number of hydrogen-bond donors (Lipinski definition) is 0. The number of nitrogens with zero attached hydrogens (tertiary/aromatic N) is 1. The summed E-state index contributed by atoms with van der Waals surface area (Å²) in [6, 6.07) is 4.33. The molecule has 4 nitrogen and oxygen atoms in total. The summed E-state index contributed by atoms with van der Waals surface area (Å²) < 4.78 is 10.8. The molecule has 4 heteroatoms. The van der Waals surface area contributed by atoms with Gasteiger partial charge >= 0.3 is 0 Å². The number of carbonyl (C=O) groups is 1. The van der Waals surface area contributed by atoms with Crippen molar-refractivity contribution >= 4 is 11.5 Å². The van der Waals surface area contributed by atoms with Gasteiger partial charge in [0.15, 0.2) is 17.3 Å². The van der Waals surface area contributed by atoms with E-state index >= 15 is 0 Å². The van der Waals surface area contributed by atoms with Gasteiger partial charge in [-0.25, -0.2) is 0 Å². The van der Waals surface area contributed by atoms with Gasteiger partial charge in [0.1, 0.15) is 0 Å². The normalized spacial score (nSPS) is 20.4. The standard InChI is InChI=1S/C18H23NO3/c1-11(2)15-8-13(20)9-16-14-10-18(22-4)17(21-3)7-12(14)5-6-19(15)16/h7,9-11,15H,5-6,8H2,1-4H3. The SMILES string of the molecule is COc1cc2c(cc1OC)C1=CC(=O)CC(C(C)C)N1CC2. The fourth-order valence-corrected chi connectivity index (χ4v) is 3.51. The molecule has 1 unspecified atom stereocenters. The fourth-order valence-electron chi connectivity index (χ4n) is 3.51. The first-order valence-corrected chi connectivity index (χ1v) is 7.81. The van der Waals surface area contributed by atoms with Gasteiger partial charge in [0.2, 0.25) is 0 Å². The van der Waals surface area contributed by atoms with E-state index in [-0.39, 0.29) is 11.8 Å². The molecule has 0 aliphatic carbocycles. The number of carbonyl (C=O) groups excluding carboxylic acids is 1. The van der Waals surface area contributed by atoms with Gasteiger partial charge < -0.3 is 14.4 Å². The molecule has 118 valence electrons. The Hall–Kier alpha value is -1.97. The summed E-state index contributed by atoms with van der Waals surface area (Å²) in [5, 5.41) is 0. The average Bonchev–Trinajstić information content (AvgIpc) is 2.52. The lowest BCUT2D eigenvalue weighted by molar-refractivity contribution is -0.116. The molecule has 2 aliphatic rings. The second-order valence-corrected chi connectivity index (χ2v) is 6.32. The Kier molecular flexibility index (Phi) is 3.85. The maximum atomic E-state index is 12.2. The van der Waals surface area contributed by atoms with Crippen molar-refractivity contribution in [1.29, 1.82) is 0 Å². The number of hydrogen-bond acceptors (Lipinski definition) is 4. The monoisotopic (exact) mass is 301 g/mol. The van der Waals surface area contributed by atoms with Crippen LogP contribution in [-0.4, -0.2) is 37.5 Å². The van der Waals surface area contributed by atoms with Gasteiger partial charge in [-0.1, -0.05) is 13.8 Å². The van der Waals surface area contributed by atoms with E-state index in [9.17, 15) is 4.79 Å². The van der Waals surface area contributed by atoms with Gasteiger partial charge in [-0.3, -0.25) is 4.79 Å². The van der Waals surface area contributed by atoms with Crippen LogP contribution in [0.15, 0.2) is 18.2 Å². The topological polar surface area (TPSA) is 38.8 Å². The molecule has 0 spiro atoms. The van der Waals surface area contributed by atoms with Crippen LogP contribution in [0.3, 0.4) is 0 Å². The highest BCUT2D eigenvalue weighted by Gasteiger charge is 2.34. The van der Waals surface area contributed by atoms with Gasteiger partial charge in [0.05, 0.1) is 14.2 Å². The summed E-state index contributed by atoms with van der Waals surface area (Å²) >= 11 is 0. The predicted molar refractivity (Wildman–Crippen MR) is 86.2 cm³/mol. The number of ketones is 1. The fraction of sp³-hybridized carbons (Fsp3) is 0.500. The molecule has 2 heterocycles. The lowest BCUT2D eigenvalue weighted by Gasteiger charge is -2.43. The Morgan fingerprint density at radius 3 is 2.50 bits per heavy atom. The molecule has 1 aromatic carbocycles. The number of fused-ring (bicyclic) bond motifs is 3. The largest absolute Gasteiger partial charge is 0.493 e. The summed E-state index contributed by atoms with van der Waals surface area (Å²) in [7, 11) is 3.29. The van der Waals surface area contributed by atoms with Crippen molar-refractivity contribution in [2.45, 2.75) is 32.7 Å². The van der Waals surface area contributed by atoms with Crippen molar-refractivity contribution in [3.63, 3.8) is 0 Å². The number of benzene rings is 1. The molecule has 1 atom stereocenters. The highest BCUT2D eigenvalue weighted by Crippen LogP contribution is 2.41. The second kappa shape index (κ2) is 5.67. The first-order chi connectivity index (χ1) is 10.5. The average molecular weight is 301 g/mol. The molecule has 0 bridgehead atoms. The smallest absolute Gasteiger partial charge is 0.161 e. The lowest BCUT2D eigenvalue weighted by atomic mass is 9.86. The van der Waals surface area contributed by atoms with Crippen LogP contribution in [0.1, 0.15) is 31.4 Å². The minimum Gasteiger partial charge on any atom is -0.493 e. The van der Waals surface area contributed by atoms with Crippen LogP contribution in [-0.2, 0) is 11.2 Å². The summed E-state index contributed by atoms with van der Waals surface area (Å²) in [6.07, 6.45) is 3.37. The number of allylic oxidation sites excluding steroid dienone is 1. The van der Waals surface area contributed by atoms with Gasteiger partial charge in [0.25, 0.3) is 0 Å². The van der Waals surface area contributed by atoms with E-state index in [1.807, 2.05) is 12.1 Å². The maximum absolute atomic E-state index is 12.2. The molecular formula is C18H23NO3. The summed E-state index contributed by atoms with van der Waals surface area (Å²) in [5.41, 5.74) is 3.36. The van der Waals surface area contributed by atoms with Crippen LogP contribution < -0.4 is 9.47 Å². The molecule has 1 aromatic rings. The third-order valence-corrected chi connectivity index (χ3v) is 4.69. The first-order valence-electron chi connectivity index (χ1n) is 7.81. The molecule has 0 aromatic heterocycles. The number of rotatable bonds is 3. The second-order valence-electron chi connectivity index (χ2n) is 6.32. The third kappa shape index (κ3) is 2.36. The summed E-state index contributed by atoms with van der Waals surface area (Å²) in [6.45, 7) is 5.32. The van der Waals surface area contributed by atoms with Crippen molar-refractivity contribution < 1.29 is 14.3 Å². The number of methoxy groups -OCH3 is 2. The van der Waals surface area contributed by atoms with E-state index < -0.39 is 0 Å². The molecule has 2 aliphatic heterocycles. The predicted octanol–water partition coefficient (Wildman–Crippen LogP) is 2.90. The lowest BCUT2D eigenvalue weighted by Crippen LogP contribution is -2.45.